The number of halogens is 1. The molecule has 0 bridgehead atoms. The second-order valence-corrected chi connectivity index (χ2v) is 9.60. The number of benzene rings is 3. The van der Waals surface area contributed by atoms with Crippen molar-refractivity contribution in [3.8, 4) is 0 Å². The molecule has 36 heavy (non-hydrogen) atoms. The summed E-state index contributed by atoms with van der Waals surface area (Å²) in [5.41, 5.74) is 4.34. The topological polar surface area (TPSA) is 71.6 Å². The van der Waals surface area contributed by atoms with Crippen molar-refractivity contribution in [2.75, 3.05) is 31.1 Å². The quantitative estimate of drug-likeness (QED) is 0.254. The van der Waals surface area contributed by atoms with Gasteiger partial charge in [-0.25, -0.2) is 0 Å². The molecular formula is C28H27ClN4O3. The van der Waals surface area contributed by atoms with Gasteiger partial charge in [-0.1, -0.05) is 41.9 Å². The number of hydrogen-bond acceptors (Lipinski definition) is 4. The van der Waals surface area contributed by atoms with Gasteiger partial charge in [-0.2, -0.15) is 0 Å². The molecule has 1 aliphatic rings. The number of aryl methyl sites for hydroxylation is 1. The SMILES string of the molecule is Cn1cc(C(CC(=O)N2CCN(c3ccc([N+](=O)[O-])cc3)CC2)c2ccc(Cl)cc2)c2ccccc21. The summed E-state index contributed by atoms with van der Waals surface area (Å²) in [6, 6.07) is 22.6. The summed E-state index contributed by atoms with van der Waals surface area (Å²) in [4.78, 5) is 28.1. The van der Waals surface area contributed by atoms with Crippen molar-refractivity contribution in [3.05, 3.63) is 105 Å². The van der Waals surface area contributed by atoms with E-state index in [0.29, 0.717) is 37.6 Å². The van der Waals surface area contributed by atoms with Gasteiger partial charge in [0.05, 0.1) is 4.92 Å². The van der Waals surface area contributed by atoms with E-state index in [0.717, 1.165) is 27.7 Å². The van der Waals surface area contributed by atoms with Gasteiger partial charge in [-0.15, -0.1) is 0 Å². The summed E-state index contributed by atoms with van der Waals surface area (Å²) < 4.78 is 2.11. The van der Waals surface area contributed by atoms with Crippen LogP contribution in [0.2, 0.25) is 5.02 Å². The molecule has 184 valence electrons. The number of rotatable bonds is 6. The molecule has 1 amide bonds. The van der Waals surface area contributed by atoms with Crippen molar-refractivity contribution in [1.29, 1.82) is 0 Å². The second kappa shape index (κ2) is 10.0. The van der Waals surface area contributed by atoms with Crippen molar-refractivity contribution >= 4 is 39.8 Å². The predicted octanol–water partition coefficient (Wildman–Crippen LogP) is 5.61. The largest absolute Gasteiger partial charge is 0.368 e. The van der Waals surface area contributed by atoms with E-state index in [9.17, 15) is 14.9 Å². The number of piperazine rings is 1. The fourth-order valence-electron chi connectivity index (χ4n) is 5.06. The molecule has 1 unspecified atom stereocenters. The summed E-state index contributed by atoms with van der Waals surface area (Å²) in [5, 5.41) is 12.7. The number of aromatic nitrogens is 1. The molecule has 0 N–H and O–H groups in total. The highest BCUT2D eigenvalue weighted by atomic mass is 35.5. The van der Waals surface area contributed by atoms with E-state index in [4.69, 9.17) is 11.6 Å². The average molecular weight is 503 g/mol. The fourth-order valence-corrected chi connectivity index (χ4v) is 5.18. The standard InChI is InChI=1S/C28H27ClN4O3/c1-30-19-26(24-4-2-3-5-27(24)30)25(20-6-8-21(29)9-7-20)18-28(34)32-16-14-31(15-17-32)22-10-12-23(13-11-22)33(35)36/h2-13,19,25H,14-18H2,1H3. The first kappa shape index (κ1) is 23.9. The molecule has 0 saturated carbocycles. The first-order chi connectivity index (χ1) is 17.4. The van der Waals surface area contributed by atoms with Crippen LogP contribution >= 0.6 is 11.6 Å². The minimum Gasteiger partial charge on any atom is -0.368 e. The minimum atomic E-state index is -0.395. The van der Waals surface area contributed by atoms with Crippen LogP contribution in [0, 0.1) is 10.1 Å². The molecule has 4 aromatic rings. The molecule has 1 atom stereocenters. The van der Waals surface area contributed by atoms with Crippen LogP contribution in [0.4, 0.5) is 11.4 Å². The van der Waals surface area contributed by atoms with Crippen LogP contribution in [0.15, 0.2) is 79.0 Å². The lowest BCUT2D eigenvalue weighted by molar-refractivity contribution is -0.384. The third kappa shape index (κ3) is 4.79. The van der Waals surface area contributed by atoms with Gasteiger partial charge < -0.3 is 14.4 Å². The highest BCUT2D eigenvalue weighted by molar-refractivity contribution is 6.30. The highest BCUT2D eigenvalue weighted by Gasteiger charge is 2.27. The van der Waals surface area contributed by atoms with Crippen LogP contribution in [0.3, 0.4) is 0 Å². The maximum absolute atomic E-state index is 13.5. The van der Waals surface area contributed by atoms with Crippen molar-refractivity contribution in [1.82, 2.24) is 9.47 Å². The van der Waals surface area contributed by atoms with E-state index in [1.54, 1.807) is 12.1 Å². The van der Waals surface area contributed by atoms with E-state index in [1.165, 1.54) is 12.1 Å². The Morgan fingerprint density at radius 3 is 2.31 bits per heavy atom. The number of para-hydroxylation sites is 1. The van der Waals surface area contributed by atoms with Gasteiger partial charge in [0, 0.05) is 85.5 Å². The molecule has 1 saturated heterocycles. The van der Waals surface area contributed by atoms with E-state index < -0.39 is 4.92 Å². The van der Waals surface area contributed by atoms with Crippen LogP contribution < -0.4 is 4.90 Å². The smallest absolute Gasteiger partial charge is 0.269 e. The van der Waals surface area contributed by atoms with Crippen LogP contribution in [0.5, 0.6) is 0 Å². The first-order valence-corrected chi connectivity index (χ1v) is 12.3. The minimum absolute atomic E-state index is 0.0780. The molecule has 5 rings (SSSR count). The van der Waals surface area contributed by atoms with E-state index in [1.807, 2.05) is 48.3 Å². The van der Waals surface area contributed by atoms with E-state index in [-0.39, 0.29) is 17.5 Å². The number of fused-ring (bicyclic) bond motifs is 1. The van der Waals surface area contributed by atoms with Crippen LogP contribution in [-0.2, 0) is 11.8 Å². The Kier molecular flexibility index (Phi) is 6.65. The molecule has 0 radical (unpaired) electrons. The normalized spacial score (nSPS) is 14.7. The van der Waals surface area contributed by atoms with Gasteiger partial charge in [-0.05, 0) is 41.5 Å². The number of anilines is 1. The second-order valence-electron chi connectivity index (χ2n) is 9.16. The lowest BCUT2D eigenvalue weighted by atomic mass is 9.87. The first-order valence-electron chi connectivity index (χ1n) is 12.0. The summed E-state index contributed by atoms with van der Waals surface area (Å²) >= 11 is 6.16. The molecular weight excluding hydrogens is 476 g/mol. The third-order valence-corrected chi connectivity index (χ3v) is 7.26. The summed E-state index contributed by atoms with van der Waals surface area (Å²) in [7, 11) is 2.03. The third-order valence-electron chi connectivity index (χ3n) is 7.01. The number of nitro benzene ring substituents is 1. The summed E-state index contributed by atoms with van der Waals surface area (Å²) in [5.74, 6) is 0.0276. The van der Waals surface area contributed by atoms with E-state index >= 15 is 0 Å². The van der Waals surface area contributed by atoms with Crippen molar-refractivity contribution < 1.29 is 9.72 Å². The van der Waals surface area contributed by atoms with Gasteiger partial charge in [0.1, 0.15) is 0 Å². The fraction of sp³-hybridized carbons (Fsp3) is 0.250. The van der Waals surface area contributed by atoms with Crippen LogP contribution in [-0.4, -0.2) is 46.5 Å². The van der Waals surface area contributed by atoms with Crippen molar-refractivity contribution in [2.45, 2.75) is 12.3 Å². The van der Waals surface area contributed by atoms with Gasteiger partial charge >= 0.3 is 0 Å². The lowest BCUT2D eigenvalue weighted by Crippen LogP contribution is -2.49. The van der Waals surface area contributed by atoms with Gasteiger partial charge in [-0.3, -0.25) is 14.9 Å². The zero-order valence-corrected chi connectivity index (χ0v) is 20.8. The Morgan fingerprint density at radius 2 is 1.64 bits per heavy atom. The molecule has 1 aromatic heterocycles. The predicted molar refractivity (Wildman–Crippen MR) is 143 cm³/mol. The molecule has 7 nitrogen and oxygen atoms in total. The molecule has 1 fully saturated rings. The summed E-state index contributed by atoms with van der Waals surface area (Å²) in [6.45, 7) is 2.59. The number of non-ortho nitro benzene ring substituents is 1. The lowest BCUT2D eigenvalue weighted by Gasteiger charge is -2.36. The zero-order valence-electron chi connectivity index (χ0n) is 20.0. The molecule has 0 spiro atoms. The molecule has 0 aliphatic carbocycles. The zero-order chi connectivity index (χ0) is 25.2. The highest BCUT2D eigenvalue weighted by Crippen LogP contribution is 2.35. The Labute approximate surface area is 214 Å². The molecule has 8 heteroatoms. The van der Waals surface area contributed by atoms with E-state index in [2.05, 4.69) is 27.8 Å². The number of carbonyl (C=O) groups is 1. The van der Waals surface area contributed by atoms with Crippen LogP contribution in [0.25, 0.3) is 10.9 Å². The van der Waals surface area contributed by atoms with Gasteiger partial charge in [0.2, 0.25) is 5.91 Å². The monoisotopic (exact) mass is 502 g/mol. The Morgan fingerprint density at radius 1 is 0.972 bits per heavy atom. The number of hydrogen-bond donors (Lipinski definition) is 0. The van der Waals surface area contributed by atoms with Crippen molar-refractivity contribution in [2.24, 2.45) is 7.05 Å². The molecule has 1 aliphatic heterocycles. The van der Waals surface area contributed by atoms with Crippen molar-refractivity contribution in [3.63, 3.8) is 0 Å². The number of nitrogens with zero attached hydrogens (tertiary/aromatic N) is 4. The number of nitro groups is 1. The maximum Gasteiger partial charge on any atom is 0.269 e. The Hall–Kier alpha value is -3.84. The summed E-state index contributed by atoms with van der Waals surface area (Å²) in [6.07, 6.45) is 2.50. The maximum atomic E-state index is 13.5. The van der Waals surface area contributed by atoms with Gasteiger partial charge in [0.25, 0.3) is 5.69 Å². The number of carbonyl (C=O) groups excluding carboxylic acids is 1. The van der Waals surface area contributed by atoms with Gasteiger partial charge in [0.15, 0.2) is 0 Å². The number of amides is 1. The Balaban J connectivity index is 1.34. The molecule has 2 heterocycles. The Bertz CT molecular complexity index is 1390. The molecule has 3 aromatic carbocycles. The van der Waals surface area contributed by atoms with Crippen LogP contribution in [0.1, 0.15) is 23.5 Å². The average Bonchev–Trinajstić information content (AvgIpc) is 3.24.